The first-order chi connectivity index (χ1) is 9.80. The Balaban J connectivity index is 2.39. The summed E-state index contributed by atoms with van der Waals surface area (Å²) in [5, 5.41) is 0. The first kappa shape index (κ1) is 18.5. The molecule has 0 heterocycles. The molecule has 5 nitrogen and oxygen atoms in total. The maximum Gasteiger partial charge on any atom is 0.212 e. The molecule has 0 amide bonds. The summed E-state index contributed by atoms with van der Waals surface area (Å²) in [4.78, 5) is 0.891. The van der Waals surface area contributed by atoms with Gasteiger partial charge in [-0.2, -0.15) is 0 Å². The molecule has 21 heavy (non-hydrogen) atoms. The summed E-state index contributed by atoms with van der Waals surface area (Å²) in [6.45, 7) is 1.78. The molecule has 2 atom stereocenters. The Bertz CT molecular complexity index is 576. The zero-order valence-electron chi connectivity index (χ0n) is 12.2. The summed E-state index contributed by atoms with van der Waals surface area (Å²) < 4.78 is 37.5. The molecule has 120 valence electrons. The van der Waals surface area contributed by atoms with Crippen LogP contribution in [0.4, 0.5) is 5.69 Å². The topological polar surface area (TPSA) is 89.3 Å². The summed E-state index contributed by atoms with van der Waals surface area (Å²) in [6, 6.07) is 7.18. The second kappa shape index (κ2) is 8.77. The Hall–Kier alpha value is -0.570. The van der Waals surface area contributed by atoms with Gasteiger partial charge in [0.05, 0.1) is 5.75 Å². The Labute approximate surface area is 133 Å². The van der Waals surface area contributed by atoms with Crippen molar-refractivity contribution in [3.63, 3.8) is 0 Å². The molecule has 0 saturated carbocycles. The van der Waals surface area contributed by atoms with E-state index in [2.05, 4.69) is 4.72 Å². The van der Waals surface area contributed by atoms with Gasteiger partial charge >= 0.3 is 0 Å². The molecule has 0 fully saturated rings. The molecule has 0 aliphatic rings. The minimum absolute atomic E-state index is 0.0333. The maximum atomic E-state index is 11.9. The summed E-state index contributed by atoms with van der Waals surface area (Å²) in [7, 11) is -4.22. The van der Waals surface area contributed by atoms with E-state index >= 15 is 0 Å². The number of nitrogens with two attached hydrogens (primary N) is 1. The largest absolute Gasteiger partial charge is 0.398 e. The highest BCUT2D eigenvalue weighted by Gasteiger charge is 2.15. The highest BCUT2D eigenvalue weighted by Crippen LogP contribution is 2.24. The molecular formula is C13H22N2O3S3. The summed E-state index contributed by atoms with van der Waals surface area (Å²) in [5.74, 6) is 0.973. The lowest BCUT2D eigenvalue weighted by molar-refractivity contribution is 0.557. The quantitative estimate of drug-likeness (QED) is 0.519. The maximum absolute atomic E-state index is 11.9. The second-order valence-electron chi connectivity index (χ2n) is 4.79. The second-order valence-corrected chi connectivity index (χ2v) is 9.35. The van der Waals surface area contributed by atoms with Gasteiger partial charge in [0, 0.05) is 45.2 Å². The van der Waals surface area contributed by atoms with E-state index < -0.39 is 20.8 Å². The Morgan fingerprint density at radius 2 is 2.05 bits per heavy atom. The van der Waals surface area contributed by atoms with Crippen molar-refractivity contribution >= 4 is 38.3 Å². The van der Waals surface area contributed by atoms with Gasteiger partial charge in [0.15, 0.2) is 0 Å². The van der Waals surface area contributed by atoms with Crippen LogP contribution in [0.2, 0.25) is 0 Å². The van der Waals surface area contributed by atoms with Crippen molar-refractivity contribution in [2.75, 3.05) is 29.2 Å². The van der Waals surface area contributed by atoms with Crippen molar-refractivity contribution in [3.8, 4) is 0 Å². The molecule has 3 N–H and O–H groups in total. The van der Waals surface area contributed by atoms with Crippen LogP contribution >= 0.6 is 11.8 Å². The molecule has 2 unspecified atom stereocenters. The smallest absolute Gasteiger partial charge is 0.212 e. The molecule has 1 rings (SSSR count). The lowest BCUT2D eigenvalue weighted by Crippen LogP contribution is -2.35. The van der Waals surface area contributed by atoms with Gasteiger partial charge in [0.25, 0.3) is 0 Å². The molecule has 8 heteroatoms. The van der Waals surface area contributed by atoms with Crippen molar-refractivity contribution in [3.05, 3.63) is 24.3 Å². The lowest BCUT2D eigenvalue weighted by Gasteiger charge is -2.13. The lowest BCUT2D eigenvalue weighted by atomic mass is 10.3. The summed E-state index contributed by atoms with van der Waals surface area (Å²) in [6.07, 6.45) is 2.18. The van der Waals surface area contributed by atoms with Gasteiger partial charge in [-0.25, -0.2) is 13.1 Å². The van der Waals surface area contributed by atoms with Crippen LogP contribution in [0.1, 0.15) is 13.3 Å². The number of sulfonamides is 1. The number of benzene rings is 1. The van der Waals surface area contributed by atoms with Crippen LogP contribution in [0.25, 0.3) is 0 Å². The standard InChI is InChI=1S/C13H22N2O3S3/c1-11(7-9-20(2)16)15-21(17,18)10-8-19-13-6-4-3-5-12(13)14/h3-6,11,15H,7-10,14H2,1-2H3. The van der Waals surface area contributed by atoms with Gasteiger partial charge in [-0.3, -0.25) is 4.21 Å². The SMILES string of the molecule is CC(CCS(C)=O)NS(=O)(=O)CCSc1ccccc1N. The molecule has 1 aromatic carbocycles. The number of hydrogen-bond donors (Lipinski definition) is 2. The fraction of sp³-hybridized carbons (Fsp3) is 0.538. The van der Waals surface area contributed by atoms with E-state index in [1.807, 2.05) is 18.2 Å². The van der Waals surface area contributed by atoms with Gasteiger partial charge in [0.2, 0.25) is 10.0 Å². The van der Waals surface area contributed by atoms with E-state index in [4.69, 9.17) is 5.73 Å². The van der Waals surface area contributed by atoms with Gasteiger partial charge in [-0.15, -0.1) is 11.8 Å². The van der Waals surface area contributed by atoms with E-state index in [1.165, 1.54) is 11.8 Å². The van der Waals surface area contributed by atoms with Crippen molar-refractivity contribution in [1.29, 1.82) is 0 Å². The normalized spacial score (nSPS) is 14.8. The third kappa shape index (κ3) is 7.85. The summed E-state index contributed by atoms with van der Waals surface area (Å²) in [5.41, 5.74) is 6.46. The van der Waals surface area contributed by atoms with Crippen LogP contribution in [0.15, 0.2) is 29.2 Å². The van der Waals surface area contributed by atoms with Gasteiger partial charge in [0.1, 0.15) is 0 Å². The number of hydrogen-bond acceptors (Lipinski definition) is 5. The average Bonchev–Trinajstić information content (AvgIpc) is 2.38. The Morgan fingerprint density at radius 1 is 1.38 bits per heavy atom. The van der Waals surface area contributed by atoms with Crippen LogP contribution in [-0.2, 0) is 20.8 Å². The molecule has 0 aromatic heterocycles. The minimum atomic E-state index is -3.32. The van der Waals surface area contributed by atoms with E-state index in [-0.39, 0.29) is 11.8 Å². The molecule has 0 bridgehead atoms. The molecule has 0 aliphatic heterocycles. The van der Waals surface area contributed by atoms with E-state index in [0.717, 1.165) is 4.90 Å². The van der Waals surface area contributed by atoms with Crippen LogP contribution in [-0.4, -0.2) is 42.2 Å². The van der Waals surface area contributed by atoms with Crippen LogP contribution in [0, 0.1) is 0 Å². The third-order valence-corrected chi connectivity index (χ3v) is 6.41. The van der Waals surface area contributed by atoms with Gasteiger partial charge in [-0.1, -0.05) is 12.1 Å². The molecular weight excluding hydrogens is 328 g/mol. The Morgan fingerprint density at radius 3 is 2.67 bits per heavy atom. The molecule has 0 radical (unpaired) electrons. The molecule has 1 aromatic rings. The predicted molar refractivity (Wildman–Crippen MR) is 91.5 cm³/mol. The van der Waals surface area contributed by atoms with Crippen LogP contribution in [0.5, 0.6) is 0 Å². The zero-order chi connectivity index (χ0) is 15.9. The first-order valence-corrected chi connectivity index (χ1v) is 10.9. The predicted octanol–water partition coefficient (Wildman–Crippen LogP) is 1.44. The van der Waals surface area contributed by atoms with E-state index in [0.29, 0.717) is 23.6 Å². The monoisotopic (exact) mass is 350 g/mol. The fourth-order valence-electron chi connectivity index (χ4n) is 1.64. The van der Waals surface area contributed by atoms with Gasteiger partial charge in [-0.05, 0) is 25.5 Å². The van der Waals surface area contributed by atoms with E-state index in [1.54, 1.807) is 19.2 Å². The zero-order valence-corrected chi connectivity index (χ0v) is 14.7. The van der Waals surface area contributed by atoms with E-state index in [9.17, 15) is 12.6 Å². The average molecular weight is 351 g/mol. The molecule has 0 saturated heterocycles. The third-order valence-electron chi connectivity index (χ3n) is 2.75. The number of rotatable bonds is 9. The molecule has 0 aliphatic carbocycles. The number of nitrogens with one attached hydrogen (secondary N) is 1. The number of thioether (sulfide) groups is 1. The van der Waals surface area contributed by atoms with Crippen molar-refractivity contribution in [1.82, 2.24) is 4.72 Å². The number of para-hydroxylation sites is 1. The van der Waals surface area contributed by atoms with Crippen molar-refractivity contribution in [2.45, 2.75) is 24.3 Å². The van der Waals surface area contributed by atoms with Crippen molar-refractivity contribution < 1.29 is 12.6 Å². The highest BCUT2D eigenvalue weighted by molar-refractivity contribution is 8.00. The van der Waals surface area contributed by atoms with Crippen LogP contribution < -0.4 is 10.5 Å². The van der Waals surface area contributed by atoms with Crippen LogP contribution in [0.3, 0.4) is 0 Å². The minimum Gasteiger partial charge on any atom is -0.398 e. The number of anilines is 1. The fourth-order valence-corrected chi connectivity index (χ4v) is 5.02. The summed E-state index contributed by atoms with van der Waals surface area (Å²) >= 11 is 1.43. The first-order valence-electron chi connectivity index (χ1n) is 6.57. The Kier molecular flexibility index (Phi) is 7.72. The number of nitrogen functional groups attached to an aromatic ring is 1. The highest BCUT2D eigenvalue weighted by atomic mass is 32.2. The van der Waals surface area contributed by atoms with Gasteiger partial charge < -0.3 is 5.73 Å². The molecule has 0 spiro atoms. The van der Waals surface area contributed by atoms with Crippen molar-refractivity contribution in [2.24, 2.45) is 0 Å².